The number of aromatic nitrogens is 3. The molecule has 0 aliphatic carbocycles. The molecule has 1 aliphatic rings. The number of carbonyl (C=O) groups is 1. The molecule has 1 aliphatic heterocycles. The highest BCUT2D eigenvalue weighted by Crippen LogP contribution is 2.30. The minimum Gasteiger partial charge on any atom is -0.388 e. The van der Waals surface area contributed by atoms with Crippen molar-refractivity contribution < 1.29 is 9.90 Å². The fourth-order valence-electron chi connectivity index (χ4n) is 2.92. The molecule has 1 fully saturated rings. The highest BCUT2D eigenvalue weighted by atomic mass is 16.3. The van der Waals surface area contributed by atoms with Crippen molar-refractivity contribution in [1.29, 1.82) is 0 Å². The topological polar surface area (TPSA) is 83.3 Å². The number of aryl methyl sites for hydroxylation is 1. The second-order valence-corrected chi connectivity index (χ2v) is 5.82. The highest BCUT2D eigenvalue weighted by Gasteiger charge is 2.28. The molecule has 23 heavy (non-hydrogen) atoms. The molecule has 3 rings (SSSR count). The van der Waals surface area contributed by atoms with Crippen LogP contribution in [-0.4, -0.2) is 43.9 Å². The summed E-state index contributed by atoms with van der Waals surface area (Å²) in [5.74, 6) is 0.609. The Balaban J connectivity index is 1.54. The van der Waals surface area contributed by atoms with Crippen LogP contribution >= 0.6 is 0 Å². The summed E-state index contributed by atoms with van der Waals surface area (Å²) in [6, 6.07) is 9.52. The molecule has 2 aromatic rings. The summed E-state index contributed by atoms with van der Waals surface area (Å²) < 4.78 is 1.52. The van der Waals surface area contributed by atoms with Crippen LogP contribution in [0.3, 0.4) is 0 Å². The van der Waals surface area contributed by atoms with Crippen molar-refractivity contribution in [1.82, 2.24) is 19.7 Å². The SMILES string of the molecule is Cn1ncnc1NC(=O)N1CCC(C(O)c2ccccc2)CC1. The lowest BCUT2D eigenvalue weighted by Gasteiger charge is -2.34. The lowest BCUT2D eigenvalue weighted by atomic mass is 9.87. The van der Waals surface area contributed by atoms with E-state index >= 15 is 0 Å². The molecular weight excluding hydrogens is 294 g/mol. The van der Waals surface area contributed by atoms with Gasteiger partial charge in [0.15, 0.2) is 0 Å². The summed E-state index contributed by atoms with van der Waals surface area (Å²) in [6.45, 7) is 1.25. The summed E-state index contributed by atoms with van der Waals surface area (Å²) in [5, 5.41) is 17.1. The Hall–Kier alpha value is -2.41. The first-order valence-electron chi connectivity index (χ1n) is 7.78. The standard InChI is InChI=1S/C16H21N5O2/c1-20-15(17-11-18-20)19-16(23)21-9-7-13(8-10-21)14(22)12-5-3-2-4-6-12/h2-6,11,13-14,22H,7-10H2,1H3,(H,17,18,19,23). The zero-order valence-electron chi connectivity index (χ0n) is 13.1. The zero-order chi connectivity index (χ0) is 16.2. The van der Waals surface area contributed by atoms with Crippen LogP contribution in [-0.2, 0) is 7.05 Å². The summed E-state index contributed by atoms with van der Waals surface area (Å²) in [7, 11) is 1.73. The molecule has 2 heterocycles. The third kappa shape index (κ3) is 3.50. The van der Waals surface area contributed by atoms with Gasteiger partial charge in [0.25, 0.3) is 0 Å². The molecule has 122 valence electrons. The minimum atomic E-state index is -0.472. The Bertz CT molecular complexity index is 650. The number of benzene rings is 1. The molecule has 0 saturated carbocycles. The van der Waals surface area contributed by atoms with E-state index in [1.54, 1.807) is 11.9 Å². The molecule has 1 unspecified atom stereocenters. The van der Waals surface area contributed by atoms with Gasteiger partial charge in [-0.15, -0.1) is 0 Å². The number of carbonyl (C=O) groups excluding carboxylic acids is 1. The number of aliphatic hydroxyl groups excluding tert-OH is 1. The normalized spacial score (nSPS) is 17.0. The first-order chi connectivity index (χ1) is 11.1. The van der Waals surface area contributed by atoms with Gasteiger partial charge in [0, 0.05) is 20.1 Å². The minimum absolute atomic E-state index is 0.172. The number of rotatable bonds is 3. The average molecular weight is 315 g/mol. The van der Waals surface area contributed by atoms with E-state index in [1.165, 1.54) is 11.0 Å². The number of hydrogen-bond donors (Lipinski definition) is 2. The number of likely N-dealkylation sites (tertiary alicyclic amines) is 1. The van der Waals surface area contributed by atoms with Gasteiger partial charge in [0.1, 0.15) is 6.33 Å². The molecule has 1 aromatic carbocycles. The quantitative estimate of drug-likeness (QED) is 0.904. The molecule has 7 nitrogen and oxygen atoms in total. The molecule has 1 aromatic heterocycles. The van der Waals surface area contributed by atoms with Crippen molar-refractivity contribution in [2.45, 2.75) is 18.9 Å². The Morgan fingerprint density at radius 2 is 2.00 bits per heavy atom. The molecule has 1 atom stereocenters. The van der Waals surface area contributed by atoms with Crippen LogP contribution in [0.15, 0.2) is 36.7 Å². The van der Waals surface area contributed by atoms with Gasteiger partial charge < -0.3 is 10.0 Å². The molecule has 2 N–H and O–H groups in total. The van der Waals surface area contributed by atoms with Gasteiger partial charge >= 0.3 is 6.03 Å². The summed E-state index contributed by atoms with van der Waals surface area (Å²) in [4.78, 5) is 18.0. The van der Waals surface area contributed by atoms with Gasteiger partial charge in [0.2, 0.25) is 5.95 Å². The number of aliphatic hydroxyl groups is 1. The number of nitrogens with zero attached hydrogens (tertiary/aromatic N) is 4. The predicted octanol–water partition coefficient (Wildman–Crippen LogP) is 1.79. The van der Waals surface area contributed by atoms with Gasteiger partial charge in [-0.3, -0.25) is 5.32 Å². The molecular formula is C16H21N5O2. The van der Waals surface area contributed by atoms with Crippen LogP contribution in [0.25, 0.3) is 0 Å². The van der Waals surface area contributed by atoms with Gasteiger partial charge in [-0.2, -0.15) is 10.1 Å². The van der Waals surface area contributed by atoms with E-state index < -0.39 is 6.10 Å². The molecule has 0 bridgehead atoms. The van der Waals surface area contributed by atoms with E-state index in [0.29, 0.717) is 19.0 Å². The summed E-state index contributed by atoms with van der Waals surface area (Å²) in [6.07, 6.45) is 2.49. The van der Waals surface area contributed by atoms with Crippen LogP contribution in [0.5, 0.6) is 0 Å². The Morgan fingerprint density at radius 3 is 2.61 bits per heavy atom. The van der Waals surface area contributed by atoms with Crippen molar-refractivity contribution >= 4 is 12.0 Å². The van der Waals surface area contributed by atoms with Crippen LogP contribution in [0.1, 0.15) is 24.5 Å². The fourth-order valence-corrected chi connectivity index (χ4v) is 2.92. The van der Waals surface area contributed by atoms with E-state index in [-0.39, 0.29) is 11.9 Å². The maximum Gasteiger partial charge on any atom is 0.324 e. The lowest BCUT2D eigenvalue weighted by Crippen LogP contribution is -2.42. The van der Waals surface area contributed by atoms with Crippen LogP contribution in [0, 0.1) is 5.92 Å². The molecule has 2 amide bonds. The molecule has 7 heteroatoms. The third-order valence-electron chi connectivity index (χ3n) is 4.34. The van der Waals surface area contributed by atoms with Crippen LogP contribution in [0.4, 0.5) is 10.7 Å². The number of urea groups is 1. The highest BCUT2D eigenvalue weighted by molar-refractivity contribution is 5.87. The van der Waals surface area contributed by atoms with Crippen LogP contribution in [0.2, 0.25) is 0 Å². The van der Waals surface area contributed by atoms with Crippen molar-refractivity contribution in [3.8, 4) is 0 Å². The number of piperidine rings is 1. The predicted molar refractivity (Wildman–Crippen MR) is 85.7 cm³/mol. The average Bonchev–Trinajstić information content (AvgIpc) is 3.00. The largest absolute Gasteiger partial charge is 0.388 e. The fraction of sp³-hybridized carbons (Fsp3) is 0.438. The molecule has 0 spiro atoms. The maximum absolute atomic E-state index is 12.2. The van der Waals surface area contributed by atoms with Gasteiger partial charge in [-0.05, 0) is 24.3 Å². The van der Waals surface area contributed by atoms with Crippen molar-refractivity contribution in [3.63, 3.8) is 0 Å². The summed E-state index contributed by atoms with van der Waals surface area (Å²) in [5.41, 5.74) is 0.939. The van der Waals surface area contributed by atoms with Crippen LogP contribution < -0.4 is 5.32 Å². The van der Waals surface area contributed by atoms with E-state index in [9.17, 15) is 9.90 Å². The number of hydrogen-bond acceptors (Lipinski definition) is 4. The van der Waals surface area contributed by atoms with Crippen molar-refractivity contribution in [2.75, 3.05) is 18.4 Å². The first-order valence-corrected chi connectivity index (χ1v) is 7.78. The number of nitrogens with one attached hydrogen (secondary N) is 1. The van der Waals surface area contributed by atoms with E-state index in [4.69, 9.17) is 0 Å². The third-order valence-corrected chi connectivity index (χ3v) is 4.34. The smallest absolute Gasteiger partial charge is 0.324 e. The zero-order valence-corrected chi connectivity index (χ0v) is 13.1. The second kappa shape index (κ2) is 6.78. The van der Waals surface area contributed by atoms with Gasteiger partial charge in [-0.1, -0.05) is 30.3 Å². The van der Waals surface area contributed by atoms with Crippen molar-refractivity contribution in [3.05, 3.63) is 42.2 Å². The Morgan fingerprint density at radius 1 is 1.30 bits per heavy atom. The van der Waals surface area contributed by atoms with Crippen molar-refractivity contribution in [2.24, 2.45) is 13.0 Å². The van der Waals surface area contributed by atoms with E-state index in [1.807, 2.05) is 30.3 Å². The van der Waals surface area contributed by atoms with E-state index in [0.717, 1.165) is 18.4 Å². The Labute approximate surface area is 134 Å². The monoisotopic (exact) mass is 315 g/mol. The lowest BCUT2D eigenvalue weighted by molar-refractivity contribution is 0.0683. The molecule has 1 saturated heterocycles. The Kier molecular flexibility index (Phi) is 4.57. The maximum atomic E-state index is 12.2. The summed E-state index contributed by atoms with van der Waals surface area (Å²) >= 11 is 0. The first kappa shape index (κ1) is 15.5. The number of amides is 2. The van der Waals surface area contributed by atoms with E-state index in [2.05, 4.69) is 15.4 Å². The second-order valence-electron chi connectivity index (χ2n) is 5.82. The van der Waals surface area contributed by atoms with Gasteiger partial charge in [-0.25, -0.2) is 9.48 Å². The number of anilines is 1. The van der Waals surface area contributed by atoms with Gasteiger partial charge in [0.05, 0.1) is 6.10 Å². The molecule has 0 radical (unpaired) electrons.